The van der Waals surface area contributed by atoms with Crippen LogP contribution < -0.4 is 0 Å². The third-order valence-corrected chi connectivity index (χ3v) is 3.07. The first-order valence-electron chi connectivity index (χ1n) is 5.27. The molecule has 0 aliphatic rings. The molecule has 0 aromatic carbocycles. The quantitative estimate of drug-likeness (QED) is 0.573. The molecule has 1 heteroatoms. The Balaban J connectivity index is 3.93. The van der Waals surface area contributed by atoms with Gasteiger partial charge < -0.3 is 4.79 Å². The minimum absolute atomic E-state index is 0.189. The van der Waals surface area contributed by atoms with Crippen LogP contribution in [0.1, 0.15) is 60.3 Å². The van der Waals surface area contributed by atoms with Gasteiger partial charge in [-0.15, -0.1) is 0 Å². The summed E-state index contributed by atoms with van der Waals surface area (Å²) in [7, 11) is 0. The second kappa shape index (κ2) is 4.78. The van der Waals surface area contributed by atoms with Gasteiger partial charge in [0, 0.05) is 6.42 Å². The summed E-state index contributed by atoms with van der Waals surface area (Å²) in [6, 6.07) is 0. The van der Waals surface area contributed by atoms with Crippen molar-refractivity contribution >= 4 is 6.29 Å². The molecule has 0 aromatic heterocycles. The van der Waals surface area contributed by atoms with Gasteiger partial charge in [0.15, 0.2) is 0 Å². The Morgan fingerprint density at radius 3 is 1.85 bits per heavy atom. The highest BCUT2D eigenvalue weighted by atomic mass is 16.1. The molecule has 0 atom stereocenters. The van der Waals surface area contributed by atoms with E-state index < -0.39 is 0 Å². The zero-order valence-electron chi connectivity index (χ0n) is 9.81. The van der Waals surface area contributed by atoms with Gasteiger partial charge in [-0.3, -0.25) is 0 Å². The van der Waals surface area contributed by atoms with Crippen LogP contribution in [0.25, 0.3) is 0 Å². The summed E-state index contributed by atoms with van der Waals surface area (Å²) < 4.78 is 0. The average molecular weight is 184 g/mol. The molecule has 0 rings (SSSR count). The highest BCUT2D eigenvalue weighted by molar-refractivity contribution is 5.50. The van der Waals surface area contributed by atoms with E-state index in [4.69, 9.17) is 0 Å². The zero-order chi connectivity index (χ0) is 10.5. The Hall–Kier alpha value is -0.330. The Morgan fingerprint density at radius 2 is 1.46 bits per heavy atom. The average Bonchev–Trinajstić information content (AvgIpc) is 2.02. The smallest absolute Gasteiger partial charge is 0.120 e. The lowest BCUT2D eigenvalue weighted by Crippen LogP contribution is -2.18. The monoisotopic (exact) mass is 184 g/mol. The molecule has 0 saturated heterocycles. The van der Waals surface area contributed by atoms with Crippen LogP contribution in [-0.2, 0) is 4.79 Å². The summed E-state index contributed by atoms with van der Waals surface area (Å²) >= 11 is 0. The molecule has 78 valence electrons. The highest BCUT2D eigenvalue weighted by Gasteiger charge is 2.22. The maximum Gasteiger partial charge on any atom is 0.120 e. The first-order chi connectivity index (χ1) is 5.83. The van der Waals surface area contributed by atoms with E-state index in [1.807, 2.05) is 0 Å². The van der Waals surface area contributed by atoms with Gasteiger partial charge in [-0.05, 0) is 23.7 Å². The fourth-order valence-corrected chi connectivity index (χ4v) is 1.18. The van der Waals surface area contributed by atoms with Crippen molar-refractivity contribution in [2.24, 2.45) is 10.8 Å². The molecule has 0 heterocycles. The molecular weight excluding hydrogens is 160 g/mol. The summed E-state index contributed by atoms with van der Waals surface area (Å²) in [5.41, 5.74) is 0.619. The third kappa shape index (κ3) is 5.84. The van der Waals surface area contributed by atoms with Gasteiger partial charge in [0.1, 0.15) is 6.29 Å². The van der Waals surface area contributed by atoms with Gasteiger partial charge in [-0.25, -0.2) is 0 Å². The summed E-state index contributed by atoms with van der Waals surface area (Å²) in [4.78, 5) is 10.4. The van der Waals surface area contributed by atoms with Gasteiger partial charge >= 0.3 is 0 Å². The van der Waals surface area contributed by atoms with Gasteiger partial charge in [-0.2, -0.15) is 0 Å². The van der Waals surface area contributed by atoms with Crippen LogP contribution in [0.2, 0.25) is 0 Å². The van der Waals surface area contributed by atoms with Crippen molar-refractivity contribution in [2.45, 2.75) is 60.3 Å². The molecule has 0 bridgehead atoms. The first-order valence-corrected chi connectivity index (χ1v) is 5.27. The molecule has 0 fully saturated rings. The molecule has 1 nitrogen and oxygen atoms in total. The van der Waals surface area contributed by atoms with E-state index in [2.05, 4.69) is 34.6 Å². The lowest BCUT2D eigenvalue weighted by Gasteiger charge is -2.29. The normalized spacial score (nSPS) is 13.0. The summed E-state index contributed by atoms with van der Waals surface area (Å²) in [6.45, 7) is 11.2. The van der Waals surface area contributed by atoms with Crippen LogP contribution >= 0.6 is 0 Å². The van der Waals surface area contributed by atoms with Crippen LogP contribution in [0.15, 0.2) is 0 Å². The molecule has 0 saturated carbocycles. The molecule has 0 unspecified atom stereocenters. The highest BCUT2D eigenvalue weighted by Crippen LogP contribution is 2.34. The number of hydrogen-bond acceptors (Lipinski definition) is 1. The summed E-state index contributed by atoms with van der Waals surface area (Å²) in [5, 5.41) is 0. The third-order valence-electron chi connectivity index (χ3n) is 3.07. The topological polar surface area (TPSA) is 17.1 Å². The Morgan fingerprint density at radius 1 is 1.00 bits per heavy atom. The van der Waals surface area contributed by atoms with E-state index in [1.165, 1.54) is 12.8 Å². The molecule has 0 radical (unpaired) electrons. The van der Waals surface area contributed by atoms with Crippen LogP contribution in [0.5, 0.6) is 0 Å². The van der Waals surface area contributed by atoms with Crippen LogP contribution in [-0.4, -0.2) is 6.29 Å². The van der Waals surface area contributed by atoms with Crippen LogP contribution in [0, 0.1) is 10.8 Å². The van der Waals surface area contributed by atoms with E-state index in [0.717, 1.165) is 12.7 Å². The zero-order valence-corrected chi connectivity index (χ0v) is 9.81. The van der Waals surface area contributed by atoms with E-state index in [9.17, 15) is 4.79 Å². The second-order valence-electron chi connectivity index (χ2n) is 5.55. The summed E-state index contributed by atoms with van der Waals surface area (Å²) in [6.07, 6.45) is 5.30. The molecule has 0 aliphatic carbocycles. The molecular formula is C12H24O. The largest absolute Gasteiger partial charge is 0.303 e. The van der Waals surface area contributed by atoms with Crippen molar-refractivity contribution in [3.8, 4) is 0 Å². The Labute approximate surface area is 82.9 Å². The van der Waals surface area contributed by atoms with E-state index in [0.29, 0.717) is 11.8 Å². The van der Waals surface area contributed by atoms with Crippen molar-refractivity contribution in [3.63, 3.8) is 0 Å². The molecule has 0 spiro atoms. The van der Waals surface area contributed by atoms with Crippen molar-refractivity contribution < 1.29 is 4.79 Å². The maximum absolute atomic E-state index is 10.4. The molecule has 0 aliphatic heterocycles. The lowest BCUT2D eigenvalue weighted by atomic mass is 9.76. The molecule has 0 aromatic rings. The van der Waals surface area contributed by atoms with Crippen molar-refractivity contribution in [1.82, 2.24) is 0 Å². The lowest BCUT2D eigenvalue weighted by molar-refractivity contribution is -0.109. The predicted octanol–water partition coefficient (Wildman–Crippen LogP) is 3.82. The van der Waals surface area contributed by atoms with Crippen LogP contribution in [0.4, 0.5) is 0 Å². The van der Waals surface area contributed by atoms with Gasteiger partial charge in [-0.1, -0.05) is 41.0 Å². The van der Waals surface area contributed by atoms with Gasteiger partial charge in [0.05, 0.1) is 0 Å². The summed E-state index contributed by atoms with van der Waals surface area (Å²) in [5.74, 6) is 0. The number of rotatable bonds is 6. The van der Waals surface area contributed by atoms with Crippen molar-refractivity contribution in [1.29, 1.82) is 0 Å². The minimum Gasteiger partial charge on any atom is -0.303 e. The molecule has 13 heavy (non-hydrogen) atoms. The Kier molecular flexibility index (Phi) is 4.66. The van der Waals surface area contributed by atoms with E-state index in [-0.39, 0.29) is 5.41 Å². The minimum atomic E-state index is 0.189. The fourth-order valence-electron chi connectivity index (χ4n) is 1.18. The van der Waals surface area contributed by atoms with Gasteiger partial charge in [0.2, 0.25) is 0 Å². The van der Waals surface area contributed by atoms with Gasteiger partial charge in [0.25, 0.3) is 0 Å². The van der Waals surface area contributed by atoms with Crippen LogP contribution in [0.3, 0.4) is 0 Å². The SMILES string of the molecule is CCC(C)(C)CCC(C)(C)CC=O. The van der Waals surface area contributed by atoms with E-state index in [1.54, 1.807) is 0 Å². The first kappa shape index (κ1) is 12.7. The fraction of sp³-hybridized carbons (Fsp3) is 0.917. The molecule has 0 amide bonds. The maximum atomic E-state index is 10.4. The Bertz CT molecular complexity index is 157. The predicted molar refractivity (Wildman–Crippen MR) is 57.8 cm³/mol. The standard InChI is InChI=1S/C12H24O/c1-6-11(2,3)7-8-12(4,5)9-10-13/h10H,6-9H2,1-5H3. The van der Waals surface area contributed by atoms with E-state index >= 15 is 0 Å². The van der Waals surface area contributed by atoms with Crippen molar-refractivity contribution in [2.75, 3.05) is 0 Å². The molecule has 0 N–H and O–H groups in total. The second-order valence-corrected chi connectivity index (χ2v) is 5.55. The number of carbonyl (C=O) groups is 1. The number of hydrogen-bond donors (Lipinski definition) is 0. The van der Waals surface area contributed by atoms with Crippen molar-refractivity contribution in [3.05, 3.63) is 0 Å². The number of aldehydes is 1. The number of carbonyl (C=O) groups excluding carboxylic acids is 1.